The predicted octanol–water partition coefficient (Wildman–Crippen LogP) is 10.1. The molecule has 424 valence electrons. The van der Waals surface area contributed by atoms with Crippen molar-refractivity contribution >= 4 is 88.3 Å². The van der Waals surface area contributed by atoms with Crippen LogP contribution in [0.3, 0.4) is 0 Å². The number of nitrogens with one attached hydrogen (secondary N) is 6. The number of para-hydroxylation sites is 2. The largest absolute Gasteiger partial charge is 0.495 e. The molecule has 0 amide bonds. The average molecular weight is 1130 g/mol. The molecular weight excluding hydrogens is 1050 g/mol. The van der Waals surface area contributed by atoms with Gasteiger partial charge >= 0.3 is 0 Å². The standard InChI is InChI=1S/C31H41N7O3S.C26H32N8O3S/c1-19(2)41-26-17-23(22-12-14-37(6)15-13-22)21(5)16-25(26)34-31-35-29-28(38(7)18-32-29)30(36-31)33-24-10-8-9-11-27(24)42(39,40)20(3)4;1-15(2)38(35,36)22-8-6-5-7-19(22)28-24-23-25(33-34-32-23)31-26(30-24)29-20-13-16(3)18(14-21(20)37-4)17-9-11-27-12-10-17/h8-11,16-20,22H,12-15H2,1-7H3,(H2,33,34,35,36);5-8,13-15,17,27H,9-12H2,1-4H3,(H3,28,29,30,31,32,33,34). The number of nitrogens with zero attached hydrogens (tertiary/aromatic N) is 9. The fourth-order valence-corrected chi connectivity index (χ4v) is 12.6. The van der Waals surface area contributed by atoms with E-state index in [9.17, 15) is 16.8 Å². The Labute approximate surface area is 468 Å². The van der Waals surface area contributed by atoms with Crippen molar-refractivity contribution in [1.82, 2.24) is 55.1 Å². The Morgan fingerprint density at radius 2 is 1.12 bits per heavy atom. The van der Waals surface area contributed by atoms with Crippen LogP contribution in [-0.4, -0.2) is 124 Å². The molecule has 0 atom stereocenters. The molecule has 0 aliphatic carbocycles. The molecule has 80 heavy (non-hydrogen) atoms. The van der Waals surface area contributed by atoms with Gasteiger partial charge in [0.2, 0.25) is 17.5 Å². The quantitative estimate of drug-likeness (QED) is 0.0495. The molecule has 10 rings (SSSR count). The summed E-state index contributed by atoms with van der Waals surface area (Å²) in [5, 5.41) is 26.2. The number of rotatable bonds is 17. The average Bonchev–Trinajstić information content (AvgIpc) is 4.14. The molecule has 21 nitrogen and oxygen atoms in total. The van der Waals surface area contributed by atoms with E-state index in [2.05, 4.69) is 101 Å². The normalized spacial score (nSPS) is 14.9. The van der Waals surface area contributed by atoms with Gasteiger partial charge in [-0.2, -0.15) is 30.2 Å². The van der Waals surface area contributed by atoms with Crippen LogP contribution in [0.1, 0.15) is 101 Å². The smallest absolute Gasteiger partial charge is 0.231 e. The highest BCUT2D eigenvalue weighted by Gasteiger charge is 2.28. The van der Waals surface area contributed by atoms with Crippen LogP contribution < -0.4 is 36.1 Å². The molecule has 6 heterocycles. The zero-order chi connectivity index (χ0) is 57.0. The van der Waals surface area contributed by atoms with Gasteiger partial charge in [0.25, 0.3) is 0 Å². The van der Waals surface area contributed by atoms with E-state index < -0.39 is 30.2 Å². The number of hydrogen-bond donors (Lipinski definition) is 6. The minimum atomic E-state index is -3.54. The van der Waals surface area contributed by atoms with Gasteiger partial charge < -0.3 is 45.5 Å². The van der Waals surface area contributed by atoms with Gasteiger partial charge in [-0.15, -0.1) is 5.10 Å². The van der Waals surface area contributed by atoms with Crippen molar-refractivity contribution < 1.29 is 26.3 Å². The van der Waals surface area contributed by atoms with Crippen LogP contribution >= 0.6 is 0 Å². The number of methoxy groups -OCH3 is 1. The Bertz CT molecular complexity index is 3740. The van der Waals surface area contributed by atoms with Crippen LogP contribution in [0, 0.1) is 13.8 Å². The number of likely N-dealkylation sites (tertiary alicyclic amines) is 1. The molecule has 0 bridgehead atoms. The van der Waals surface area contributed by atoms with Crippen LogP contribution in [-0.2, 0) is 26.7 Å². The fraction of sp³-hybridized carbons (Fsp3) is 0.421. The summed E-state index contributed by atoms with van der Waals surface area (Å²) in [6.07, 6.45) is 6.06. The van der Waals surface area contributed by atoms with Crippen LogP contribution in [0.25, 0.3) is 22.3 Å². The van der Waals surface area contributed by atoms with E-state index in [4.69, 9.17) is 19.4 Å². The number of H-pyrrole nitrogens is 1. The zero-order valence-electron chi connectivity index (χ0n) is 47.3. The summed E-state index contributed by atoms with van der Waals surface area (Å²) in [5.41, 5.74) is 9.13. The highest BCUT2D eigenvalue weighted by Crippen LogP contribution is 2.40. The number of anilines is 8. The van der Waals surface area contributed by atoms with Gasteiger partial charge in [-0.25, -0.2) is 21.8 Å². The number of aromatic nitrogens is 9. The van der Waals surface area contributed by atoms with Gasteiger partial charge in [-0.3, -0.25) is 0 Å². The summed E-state index contributed by atoms with van der Waals surface area (Å²) in [6, 6.07) is 22.0. The summed E-state index contributed by atoms with van der Waals surface area (Å²) in [7, 11) is -1.41. The molecule has 2 aliphatic rings. The van der Waals surface area contributed by atoms with E-state index in [0.717, 1.165) is 74.6 Å². The number of imidazole rings is 1. The Morgan fingerprint density at radius 3 is 1.69 bits per heavy atom. The molecule has 8 aromatic rings. The van der Waals surface area contributed by atoms with Crippen LogP contribution in [0.2, 0.25) is 0 Å². The van der Waals surface area contributed by atoms with E-state index in [0.29, 0.717) is 68.9 Å². The third-order valence-corrected chi connectivity index (χ3v) is 19.1. The lowest BCUT2D eigenvalue weighted by Gasteiger charge is -2.30. The second-order valence-corrected chi connectivity index (χ2v) is 26.3. The molecule has 4 aromatic heterocycles. The zero-order valence-corrected chi connectivity index (χ0v) is 49.0. The summed E-state index contributed by atoms with van der Waals surface area (Å²) in [5.74, 6) is 3.77. The Hall–Kier alpha value is -7.47. The van der Waals surface area contributed by atoms with E-state index in [-0.39, 0.29) is 21.8 Å². The first-order valence-electron chi connectivity index (χ1n) is 27.1. The first-order chi connectivity index (χ1) is 38.2. The van der Waals surface area contributed by atoms with Crippen molar-refractivity contribution in [3.05, 3.63) is 101 Å². The molecule has 0 radical (unpaired) electrons. The van der Waals surface area contributed by atoms with E-state index in [1.807, 2.05) is 31.5 Å². The molecule has 2 aliphatic heterocycles. The second-order valence-electron chi connectivity index (χ2n) is 21.4. The minimum Gasteiger partial charge on any atom is -0.495 e. The van der Waals surface area contributed by atoms with Crippen molar-refractivity contribution in [2.75, 3.05) is 61.6 Å². The van der Waals surface area contributed by atoms with Crippen LogP contribution in [0.15, 0.2) is 88.9 Å². The van der Waals surface area contributed by atoms with Gasteiger partial charge in [-0.1, -0.05) is 24.3 Å². The lowest BCUT2D eigenvalue weighted by molar-refractivity contribution is 0.241. The SMILES string of the molecule is COc1cc(C2CCNCC2)c(C)cc1Nc1nc(Nc2ccccc2S(=O)(=O)C(C)C)c2n[nH]nc2n1.Cc1cc(Nc2nc(Nc3ccccc3S(=O)(=O)C(C)C)c3c(ncn3C)n2)c(OC(C)C)cc1C1CCN(C)CC1. The van der Waals surface area contributed by atoms with Crippen LogP contribution in [0.5, 0.6) is 11.5 Å². The summed E-state index contributed by atoms with van der Waals surface area (Å²) >= 11 is 0. The van der Waals surface area contributed by atoms with E-state index in [1.54, 1.807) is 89.7 Å². The molecule has 0 unspecified atom stereocenters. The topological polar surface area (TPSA) is 261 Å². The van der Waals surface area contributed by atoms with Crippen molar-refractivity contribution in [2.45, 2.75) is 119 Å². The fourth-order valence-electron chi connectivity index (χ4n) is 10.2. The third kappa shape index (κ3) is 12.4. The molecule has 6 N–H and O–H groups in total. The highest BCUT2D eigenvalue weighted by atomic mass is 32.2. The van der Waals surface area contributed by atoms with E-state index in [1.165, 1.54) is 16.7 Å². The van der Waals surface area contributed by atoms with Gasteiger partial charge in [0.05, 0.1) is 62.6 Å². The lowest BCUT2D eigenvalue weighted by atomic mass is 9.86. The Morgan fingerprint density at radius 1 is 0.613 bits per heavy atom. The van der Waals surface area contributed by atoms with Gasteiger partial charge in [0.1, 0.15) is 17.0 Å². The maximum absolute atomic E-state index is 13.1. The van der Waals surface area contributed by atoms with Crippen LogP contribution in [0.4, 0.5) is 46.3 Å². The molecule has 2 fully saturated rings. The number of benzene rings is 4. The third-order valence-electron chi connectivity index (χ3n) is 14.6. The molecule has 0 saturated carbocycles. The van der Waals surface area contributed by atoms with Gasteiger partial charge in [0.15, 0.2) is 42.5 Å². The number of aromatic amines is 1. The van der Waals surface area contributed by atoms with Crippen molar-refractivity contribution in [3.8, 4) is 11.5 Å². The maximum Gasteiger partial charge on any atom is 0.231 e. The maximum atomic E-state index is 13.1. The van der Waals surface area contributed by atoms with Crippen molar-refractivity contribution in [2.24, 2.45) is 7.05 Å². The summed E-state index contributed by atoms with van der Waals surface area (Å²) in [4.78, 5) is 25.9. The number of sulfone groups is 2. The molecule has 23 heteroatoms. The second kappa shape index (κ2) is 24.1. The number of hydrogen-bond acceptors (Lipinski definition) is 19. The molecular formula is C57H73N15O6S2. The van der Waals surface area contributed by atoms with Crippen molar-refractivity contribution in [1.29, 1.82) is 0 Å². The lowest BCUT2D eigenvalue weighted by Crippen LogP contribution is -2.29. The first kappa shape index (κ1) is 57.2. The van der Waals surface area contributed by atoms with Gasteiger partial charge in [0, 0.05) is 7.05 Å². The Kier molecular flexibility index (Phi) is 17.2. The monoisotopic (exact) mass is 1130 g/mol. The first-order valence-corrected chi connectivity index (χ1v) is 30.2. The van der Waals surface area contributed by atoms with Gasteiger partial charge in [-0.05, 0) is 197 Å². The number of piperidine rings is 2. The summed E-state index contributed by atoms with van der Waals surface area (Å²) in [6.45, 7) is 19.1. The van der Waals surface area contributed by atoms with E-state index >= 15 is 0 Å². The summed E-state index contributed by atoms with van der Waals surface area (Å²) < 4.78 is 66.0. The molecule has 4 aromatic carbocycles. The van der Waals surface area contributed by atoms with Crippen molar-refractivity contribution in [3.63, 3.8) is 0 Å². The number of fused-ring (bicyclic) bond motifs is 2. The predicted molar refractivity (Wildman–Crippen MR) is 315 cm³/mol. The molecule has 0 spiro atoms. The Balaban J connectivity index is 0.000000195. The number of ether oxygens (including phenoxy) is 2. The minimum absolute atomic E-state index is 0.0191. The number of aryl methyl sites for hydroxylation is 3. The molecule has 2 saturated heterocycles. The highest BCUT2D eigenvalue weighted by molar-refractivity contribution is 7.92.